The summed E-state index contributed by atoms with van der Waals surface area (Å²) in [5, 5.41) is 0. The van der Waals surface area contributed by atoms with Crippen molar-refractivity contribution < 1.29 is 0 Å². The van der Waals surface area contributed by atoms with Crippen LogP contribution in [0.2, 0.25) is 0 Å². The lowest BCUT2D eigenvalue weighted by Gasteiger charge is -2.49. The van der Waals surface area contributed by atoms with E-state index in [1.165, 1.54) is 57.8 Å². The molecule has 2 unspecified atom stereocenters. The third-order valence-electron chi connectivity index (χ3n) is 11.6. The third-order valence-corrected chi connectivity index (χ3v) is 11.6. The molecule has 0 N–H and O–H groups in total. The van der Waals surface area contributed by atoms with Gasteiger partial charge in [-0.25, -0.2) is 0 Å². The van der Waals surface area contributed by atoms with Gasteiger partial charge in [0, 0.05) is 0 Å². The fourth-order valence-electron chi connectivity index (χ4n) is 7.41. The monoisotopic (exact) mass is 547 g/mol. The van der Waals surface area contributed by atoms with Crippen molar-refractivity contribution in [2.24, 2.45) is 68.0 Å². The summed E-state index contributed by atoms with van der Waals surface area (Å²) < 4.78 is 0. The molecule has 0 aromatic heterocycles. The van der Waals surface area contributed by atoms with Crippen LogP contribution in [0.4, 0.5) is 0 Å². The number of hydrogen-bond donors (Lipinski definition) is 0. The quantitative estimate of drug-likeness (QED) is 0.283. The van der Waals surface area contributed by atoms with E-state index < -0.39 is 0 Å². The molecule has 0 heteroatoms. The molecule has 3 aliphatic rings. The smallest absolute Gasteiger partial charge is 0.0354 e. The maximum atomic E-state index is 2.40. The van der Waals surface area contributed by atoms with Crippen molar-refractivity contribution in [3.63, 3.8) is 0 Å². The molecule has 0 bridgehead atoms. The van der Waals surface area contributed by atoms with E-state index in [1.54, 1.807) is 0 Å². The van der Waals surface area contributed by atoms with Gasteiger partial charge in [-0.2, -0.15) is 0 Å². The summed E-state index contributed by atoms with van der Waals surface area (Å²) >= 11 is 0. The maximum absolute atomic E-state index is 2.40. The molecule has 0 nitrogen and oxygen atoms in total. The molecule has 3 aliphatic carbocycles. The Bertz CT molecular complexity index is 622. The summed E-state index contributed by atoms with van der Waals surface area (Å²) in [5.41, 5.74) is 3.20. The molecule has 0 aromatic rings. The molecule has 3 rings (SSSR count). The van der Waals surface area contributed by atoms with Crippen molar-refractivity contribution in [3.8, 4) is 0 Å². The van der Waals surface area contributed by atoms with Crippen LogP contribution in [0.5, 0.6) is 0 Å². The average Bonchev–Trinajstić information content (AvgIpc) is 3.15. The molecule has 0 heterocycles. The summed E-state index contributed by atoms with van der Waals surface area (Å²) in [7, 11) is 0. The molecule has 0 amide bonds. The molecule has 234 valence electrons. The second-order valence-corrected chi connectivity index (χ2v) is 20.8. The summed E-state index contributed by atoms with van der Waals surface area (Å²) in [6.07, 6.45) is 13.1. The van der Waals surface area contributed by atoms with Crippen LogP contribution in [0, 0.1) is 68.0 Å². The van der Waals surface area contributed by atoms with E-state index in [0.717, 1.165) is 35.5 Å². The minimum absolute atomic E-state index is 0.528. The lowest BCUT2D eigenvalue weighted by molar-refractivity contribution is 0.0110. The number of hydrogen-bond acceptors (Lipinski definition) is 0. The first-order chi connectivity index (χ1) is 17.1. The molecule has 2 atom stereocenters. The third kappa shape index (κ3) is 12.4. The first-order valence-electron chi connectivity index (χ1n) is 17.1. The van der Waals surface area contributed by atoms with Crippen molar-refractivity contribution in [1.82, 2.24) is 0 Å². The van der Waals surface area contributed by atoms with Crippen LogP contribution >= 0.6 is 0 Å². The Balaban J connectivity index is 0.000000293. The molecular weight excluding hydrogens is 468 g/mol. The Kier molecular flexibility index (Phi) is 12.4. The van der Waals surface area contributed by atoms with E-state index in [9.17, 15) is 0 Å². The molecule has 3 fully saturated rings. The first kappa shape index (κ1) is 37.0. The van der Waals surface area contributed by atoms with Gasteiger partial charge in [-0.3, -0.25) is 0 Å². The van der Waals surface area contributed by atoms with Gasteiger partial charge >= 0.3 is 0 Å². The zero-order chi connectivity index (χ0) is 30.8. The fourth-order valence-corrected chi connectivity index (χ4v) is 7.41. The number of rotatable bonds is 0. The van der Waals surface area contributed by atoms with E-state index in [-0.39, 0.29) is 0 Å². The molecular formula is C39H78. The van der Waals surface area contributed by atoms with Crippen LogP contribution in [-0.4, -0.2) is 0 Å². The van der Waals surface area contributed by atoms with E-state index in [1.807, 2.05) is 0 Å². The topological polar surface area (TPSA) is 0 Å². The van der Waals surface area contributed by atoms with Crippen LogP contribution < -0.4 is 0 Å². The van der Waals surface area contributed by atoms with E-state index in [0.29, 0.717) is 32.5 Å². The van der Waals surface area contributed by atoms with Crippen LogP contribution in [-0.2, 0) is 0 Å². The molecule has 0 aliphatic heterocycles. The predicted molar refractivity (Wildman–Crippen MR) is 179 cm³/mol. The van der Waals surface area contributed by atoms with Gasteiger partial charge in [0.1, 0.15) is 0 Å². The van der Waals surface area contributed by atoms with E-state index in [2.05, 4.69) is 125 Å². The largest absolute Gasteiger partial charge is 0.0599 e. The molecule has 0 saturated heterocycles. The molecule has 0 aromatic carbocycles. The van der Waals surface area contributed by atoms with Crippen molar-refractivity contribution >= 4 is 0 Å². The lowest BCUT2D eigenvalue weighted by Crippen LogP contribution is -2.40. The lowest BCUT2D eigenvalue weighted by atomic mass is 9.56. The van der Waals surface area contributed by atoms with Crippen LogP contribution in [0.3, 0.4) is 0 Å². The zero-order valence-electron chi connectivity index (χ0n) is 30.8. The normalized spacial score (nSPS) is 30.9. The van der Waals surface area contributed by atoms with Gasteiger partial charge in [0.25, 0.3) is 0 Å². The second kappa shape index (κ2) is 13.1. The van der Waals surface area contributed by atoms with Gasteiger partial charge in [0.15, 0.2) is 0 Å². The molecule has 3 saturated carbocycles. The van der Waals surface area contributed by atoms with Gasteiger partial charge in [0.2, 0.25) is 0 Å². The Morgan fingerprint density at radius 3 is 0.538 bits per heavy atom. The first-order valence-corrected chi connectivity index (χ1v) is 17.1. The minimum Gasteiger partial charge on any atom is -0.0599 e. The highest BCUT2D eigenvalue weighted by atomic mass is 14.5. The van der Waals surface area contributed by atoms with Gasteiger partial charge < -0.3 is 0 Å². The van der Waals surface area contributed by atoms with Crippen molar-refractivity contribution in [2.45, 2.75) is 182 Å². The van der Waals surface area contributed by atoms with Crippen molar-refractivity contribution in [3.05, 3.63) is 0 Å². The van der Waals surface area contributed by atoms with Crippen molar-refractivity contribution in [2.75, 3.05) is 0 Å². The highest BCUT2D eigenvalue weighted by Gasteiger charge is 2.42. The van der Waals surface area contributed by atoms with E-state index >= 15 is 0 Å². The highest BCUT2D eigenvalue weighted by molar-refractivity contribution is 4.92. The highest BCUT2D eigenvalue weighted by Crippen LogP contribution is 2.52. The van der Waals surface area contributed by atoms with Crippen molar-refractivity contribution in [1.29, 1.82) is 0 Å². The van der Waals surface area contributed by atoms with Crippen LogP contribution in [0.15, 0.2) is 0 Å². The zero-order valence-corrected chi connectivity index (χ0v) is 30.8. The fraction of sp³-hybridized carbons (Fsp3) is 1.00. The Hall–Kier alpha value is 0. The molecule has 0 spiro atoms. The minimum atomic E-state index is 0.528. The summed E-state index contributed by atoms with van der Waals surface area (Å²) in [6, 6.07) is 0. The van der Waals surface area contributed by atoms with Crippen LogP contribution in [0.1, 0.15) is 182 Å². The van der Waals surface area contributed by atoms with Gasteiger partial charge in [-0.1, -0.05) is 125 Å². The maximum Gasteiger partial charge on any atom is -0.0354 e. The average molecular weight is 547 g/mol. The van der Waals surface area contributed by atoms with E-state index in [4.69, 9.17) is 0 Å². The predicted octanol–water partition coefficient (Wildman–Crippen LogP) is 13.5. The van der Waals surface area contributed by atoms with Gasteiger partial charge in [-0.15, -0.1) is 0 Å². The Morgan fingerprint density at radius 2 is 0.385 bits per heavy atom. The standard InChI is InChI=1S/C14H28.C13H26.C12H24/c1-13(2,3)11-7-9-12(10-8-11)14(4,5)6;1-12(2,3)10-7-8-11(9-10)13(4,5)6;1-11(2,3)9-7-10(8-9)12(4,5)6/h11-12H,7-10H2,1-6H3;10-11H,7-9H2,1-6H3;9-10H,7-8H2,1-6H3. The Labute approximate surface area is 250 Å². The second-order valence-electron chi connectivity index (χ2n) is 20.8. The molecule has 39 heavy (non-hydrogen) atoms. The SMILES string of the molecule is CC(C)(C)C1CC(C(C)(C)C)C1.CC(C)(C)C1CCC(C(C)(C)C)C1.CC(C)(C)C1CCC(C(C)(C)C)CC1. The van der Waals surface area contributed by atoms with Crippen LogP contribution in [0.25, 0.3) is 0 Å². The van der Waals surface area contributed by atoms with Gasteiger partial charge in [-0.05, 0) is 126 Å². The summed E-state index contributed by atoms with van der Waals surface area (Å²) in [6.45, 7) is 43.0. The summed E-state index contributed by atoms with van der Waals surface area (Å²) in [5.74, 6) is 5.78. The Morgan fingerprint density at radius 1 is 0.231 bits per heavy atom. The van der Waals surface area contributed by atoms with Gasteiger partial charge in [0.05, 0.1) is 0 Å². The summed E-state index contributed by atoms with van der Waals surface area (Å²) in [4.78, 5) is 0. The molecule has 0 radical (unpaired) electrons.